The van der Waals surface area contributed by atoms with E-state index in [9.17, 15) is 4.79 Å². The summed E-state index contributed by atoms with van der Waals surface area (Å²) in [4.78, 5) is 22.8. The lowest BCUT2D eigenvalue weighted by molar-refractivity contribution is -0.115. The fourth-order valence-corrected chi connectivity index (χ4v) is 3.11. The summed E-state index contributed by atoms with van der Waals surface area (Å²) >= 11 is 0. The van der Waals surface area contributed by atoms with Gasteiger partial charge in [-0.25, -0.2) is 0 Å². The molecule has 0 radical (unpaired) electrons. The molecule has 0 bridgehead atoms. The Bertz CT molecular complexity index is 592. The lowest BCUT2D eigenvalue weighted by Gasteiger charge is -2.20. The second-order valence-electron chi connectivity index (χ2n) is 6.63. The molecule has 1 amide bonds. The highest BCUT2D eigenvalue weighted by molar-refractivity contribution is 14.0. The van der Waals surface area contributed by atoms with Crippen molar-refractivity contribution in [3.8, 4) is 0 Å². The van der Waals surface area contributed by atoms with E-state index in [1.165, 1.54) is 12.8 Å². The Morgan fingerprint density at radius 3 is 2.84 bits per heavy atom. The molecule has 7 nitrogen and oxygen atoms in total. The molecule has 1 saturated heterocycles. The number of hydrogen-bond donors (Lipinski definition) is 3. The van der Waals surface area contributed by atoms with Crippen molar-refractivity contribution in [2.24, 2.45) is 10.9 Å². The first-order chi connectivity index (χ1) is 11.7. The number of amides is 1. The Morgan fingerprint density at radius 2 is 2.20 bits per heavy atom. The van der Waals surface area contributed by atoms with Gasteiger partial charge < -0.3 is 16.0 Å². The van der Waals surface area contributed by atoms with E-state index in [1.54, 1.807) is 25.5 Å². The van der Waals surface area contributed by atoms with Crippen LogP contribution in [0.5, 0.6) is 0 Å². The van der Waals surface area contributed by atoms with E-state index in [0.29, 0.717) is 23.6 Å². The Hall–Kier alpha value is -1.42. The molecular formula is C17H27IN6O. The maximum atomic E-state index is 12.0. The Morgan fingerprint density at radius 1 is 1.40 bits per heavy atom. The number of hydrogen-bond acceptors (Lipinski definition) is 4. The van der Waals surface area contributed by atoms with E-state index in [2.05, 4.69) is 37.8 Å². The normalized spacial score (nSPS) is 23.7. The molecule has 1 saturated carbocycles. The lowest BCUT2D eigenvalue weighted by atomic mass is 10.1. The van der Waals surface area contributed by atoms with Crippen LogP contribution in [0.2, 0.25) is 0 Å². The highest BCUT2D eigenvalue weighted by Crippen LogP contribution is 2.31. The molecule has 138 valence electrons. The summed E-state index contributed by atoms with van der Waals surface area (Å²) in [5, 5.41) is 9.34. The number of aliphatic imine (C=N–C) groups is 1. The summed E-state index contributed by atoms with van der Waals surface area (Å²) in [6.07, 6.45) is 5.97. The molecule has 2 atom stereocenters. The third-order valence-corrected chi connectivity index (χ3v) is 4.61. The van der Waals surface area contributed by atoms with E-state index in [4.69, 9.17) is 0 Å². The number of guanidine groups is 1. The monoisotopic (exact) mass is 458 g/mol. The topological polar surface area (TPSA) is 81.6 Å². The molecule has 0 aromatic carbocycles. The SMILES string of the molecule is CN=C(NCC(=O)Nc1cccnc1)NC1CN(C2CC2)CC1C.I. The van der Waals surface area contributed by atoms with Gasteiger partial charge in [-0.2, -0.15) is 0 Å². The van der Waals surface area contributed by atoms with Crippen molar-refractivity contribution in [2.45, 2.75) is 31.8 Å². The summed E-state index contributed by atoms with van der Waals surface area (Å²) < 4.78 is 0. The van der Waals surface area contributed by atoms with Crippen LogP contribution < -0.4 is 16.0 Å². The molecule has 25 heavy (non-hydrogen) atoms. The van der Waals surface area contributed by atoms with Gasteiger partial charge in [0.2, 0.25) is 5.91 Å². The van der Waals surface area contributed by atoms with Crippen molar-refractivity contribution in [3.05, 3.63) is 24.5 Å². The van der Waals surface area contributed by atoms with Crippen molar-refractivity contribution in [1.29, 1.82) is 0 Å². The largest absolute Gasteiger partial charge is 0.352 e. The predicted octanol–water partition coefficient (Wildman–Crippen LogP) is 1.29. The fourth-order valence-electron chi connectivity index (χ4n) is 3.11. The summed E-state index contributed by atoms with van der Waals surface area (Å²) in [6, 6.07) is 4.76. The number of nitrogens with zero attached hydrogens (tertiary/aromatic N) is 3. The smallest absolute Gasteiger partial charge is 0.243 e. The third kappa shape index (κ3) is 5.81. The molecule has 2 heterocycles. The minimum atomic E-state index is -0.120. The fraction of sp³-hybridized carbons (Fsp3) is 0.588. The zero-order chi connectivity index (χ0) is 16.9. The molecule has 1 aromatic heterocycles. The number of halogens is 1. The van der Waals surface area contributed by atoms with Gasteiger partial charge in [0.05, 0.1) is 18.4 Å². The lowest BCUT2D eigenvalue weighted by Crippen LogP contribution is -2.48. The van der Waals surface area contributed by atoms with Crippen molar-refractivity contribution in [1.82, 2.24) is 20.5 Å². The van der Waals surface area contributed by atoms with Crippen molar-refractivity contribution >= 4 is 41.5 Å². The second kappa shape index (κ2) is 9.33. The number of aromatic nitrogens is 1. The summed E-state index contributed by atoms with van der Waals surface area (Å²) in [5.74, 6) is 1.13. The zero-order valence-corrected chi connectivity index (χ0v) is 17.1. The van der Waals surface area contributed by atoms with Crippen LogP contribution in [0.1, 0.15) is 19.8 Å². The maximum absolute atomic E-state index is 12.0. The molecule has 8 heteroatoms. The van der Waals surface area contributed by atoms with E-state index in [1.807, 2.05) is 6.07 Å². The summed E-state index contributed by atoms with van der Waals surface area (Å²) in [7, 11) is 1.73. The number of carbonyl (C=O) groups excluding carboxylic acids is 1. The van der Waals surface area contributed by atoms with Crippen LogP contribution in [0, 0.1) is 5.92 Å². The molecular weight excluding hydrogens is 431 g/mol. The van der Waals surface area contributed by atoms with E-state index in [0.717, 1.165) is 19.1 Å². The highest BCUT2D eigenvalue weighted by Gasteiger charge is 2.38. The zero-order valence-electron chi connectivity index (χ0n) is 14.7. The van der Waals surface area contributed by atoms with Crippen LogP contribution in [-0.2, 0) is 4.79 Å². The van der Waals surface area contributed by atoms with Gasteiger partial charge >= 0.3 is 0 Å². The number of pyridine rings is 1. The highest BCUT2D eigenvalue weighted by atomic mass is 127. The van der Waals surface area contributed by atoms with Gasteiger partial charge in [0.25, 0.3) is 0 Å². The summed E-state index contributed by atoms with van der Waals surface area (Å²) in [5.41, 5.74) is 0.691. The molecule has 1 aliphatic heterocycles. The standard InChI is InChI=1S/C17H26N6O.HI/c1-12-10-23(14-5-6-14)11-15(12)22-17(18-2)20-9-16(24)21-13-4-3-7-19-8-13;/h3-4,7-8,12,14-15H,5-6,9-11H2,1-2H3,(H,21,24)(H2,18,20,22);1H. The molecule has 2 unspecified atom stereocenters. The summed E-state index contributed by atoms with van der Waals surface area (Å²) in [6.45, 7) is 4.62. The third-order valence-electron chi connectivity index (χ3n) is 4.61. The van der Waals surface area contributed by atoms with Crippen molar-refractivity contribution < 1.29 is 4.79 Å². The average molecular weight is 458 g/mol. The van der Waals surface area contributed by atoms with Gasteiger partial charge in [-0.1, -0.05) is 6.92 Å². The number of anilines is 1. The van der Waals surface area contributed by atoms with Crippen LogP contribution in [0.4, 0.5) is 5.69 Å². The first-order valence-corrected chi connectivity index (χ1v) is 8.57. The Balaban J connectivity index is 0.00000225. The van der Waals surface area contributed by atoms with Gasteiger partial charge in [0.1, 0.15) is 0 Å². The molecule has 3 rings (SSSR count). The minimum Gasteiger partial charge on any atom is -0.352 e. The maximum Gasteiger partial charge on any atom is 0.243 e. The van der Waals surface area contributed by atoms with E-state index >= 15 is 0 Å². The average Bonchev–Trinajstić information content (AvgIpc) is 3.37. The van der Waals surface area contributed by atoms with Crippen LogP contribution in [0.25, 0.3) is 0 Å². The van der Waals surface area contributed by atoms with Gasteiger partial charge in [-0.3, -0.25) is 19.7 Å². The first kappa shape index (κ1) is 19.9. The molecule has 2 aliphatic rings. The molecule has 0 spiro atoms. The van der Waals surface area contributed by atoms with Gasteiger partial charge in [0.15, 0.2) is 5.96 Å². The Kier molecular flexibility index (Phi) is 7.42. The van der Waals surface area contributed by atoms with Gasteiger partial charge in [-0.15, -0.1) is 24.0 Å². The Labute approximate surface area is 166 Å². The van der Waals surface area contributed by atoms with Gasteiger partial charge in [0, 0.05) is 38.4 Å². The quantitative estimate of drug-likeness (QED) is 0.352. The number of carbonyl (C=O) groups is 1. The number of rotatable bonds is 5. The van der Waals surface area contributed by atoms with Crippen LogP contribution in [0.15, 0.2) is 29.5 Å². The molecule has 1 aliphatic carbocycles. The molecule has 3 N–H and O–H groups in total. The predicted molar refractivity (Wildman–Crippen MR) is 110 cm³/mol. The molecule has 2 fully saturated rings. The minimum absolute atomic E-state index is 0. The first-order valence-electron chi connectivity index (χ1n) is 8.57. The number of nitrogens with one attached hydrogen (secondary N) is 3. The van der Waals surface area contributed by atoms with E-state index in [-0.39, 0.29) is 36.4 Å². The van der Waals surface area contributed by atoms with Crippen LogP contribution >= 0.6 is 24.0 Å². The van der Waals surface area contributed by atoms with E-state index < -0.39 is 0 Å². The second-order valence-corrected chi connectivity index (χ2v) is 6.63. The van der Waals surface area contributed by atoms with Gasteiger partial charge in [-0.05, 0) is 30.9 Å². The van der Waals surface area contributed by atoms with Crippen molar-refractivity contribution in [3.63, 3.8) is 0 Å². The van der Waals surface area contributed by atoms with Crippen molar-refractivity contribution in [2.75, 3.05) is 32.0 Å². The van der Waals surface area contributed by atoms with Crippen LogP contribution in [-0.4, -0.2) is 60.5 Å². The number of likely N-dealkylation sites (tertiary alicyclic amines) is 1. The molecule has 1 aromatic rings. The van der Waals surface area contributed by atoms with Crippen LogP contribution in [0.3, 0.4) is 0 Å².